The number of rotatable bonds is 11. The predicted octanol–water partition coefficient (Wildman–Crippen LogP) is 3.97. The molecule has 2 aliphatic rings. The van der Waals surface area contributed by atoms with E-state index < -0.39 is 10.1 Å². The van der Waals surface area contributed by atoms with Crippen molar-refractivity contribution < 1.29 is 17.4 Å². The Labute approximate surface area is 205 Å². The van der Waals surface area contributed by atoms with Gasteiger partial charge in [-0.3, -0.25) is 10.1 Å². The summed E-state index contributed by atoms with van der Waals surface area (Å²) in [7, 11) is -3.99. The summed E-state index contributed by atoms with van der Waals surface area (Å²) >= 11 is 0. The highest BCUT2D eigenvalue weighted by atomic mass is 32.2. The van der Waals surface area contributed by atoms with Crippen molar-refractivity contribution in [2.75, 3.05) is 36.8 Å². The molecule has 0 atom stereocenters. The molecule has 2 aromatic carbocycles. The number of carbonyl (C=O) groups is 1. The van der Waals surface area contributed by atoms with Crippen LogP contribution in [0.25, 0.3) is 11.0 Å². The first kappa shape index (κ1) is 23.6. The third-order valence-corrected chi connectivity index (χ3v) is 7.68. The lowest BCUT2D eigenvalue weighted by atomic mass is 10.2. The van der Waals surface area contributed by atoms with Gasteiger partial charge in [-0.25, -0.2) is 4.98 Å². The molecule has 0 bridgehead atoms. The SMILES string of the molecule is O=C(Nc1nc2ccc(OS(=O)(=O)c3ccc(NCCCCN4CCCC4)cc3)cc2[nH]1)C1CC1. The molecule has 1 aliphatic heterocycles. The van der Waals surface area contributed by atoms with Gasteiger partial charge in [-0.05, 0) is 94.6 Å². The molecule has 10 heteroatoms. The zero-order chi connectivity index (χ0) is 24.3. The number of hydrogen-bond acceptors (Lipinski definition) is 7. The summed E-state index contributed by atoms with van der Waals surface area (Å²) in [5.74, 6) is 0.522. The first-order chi connectivity index (χ1) is 17.0. The second kappa shape index (κ2) is 10.2. The highest BCUT2D eigenvalue weighted by Gasteiger charge is 2.30. The number of fused-ring (bicyclic) bond motifs is 1. The van der Waals surface area contributed by atoms with Crippen molar-refractivity contribution in [3.8, 4) is 5.75 Å². The quantitative estimate of drug-likeness (QED) is 0.271. The molecule has 1 amide bonds. The lowest BCUT2D eigenvalue weighted by Gasteiger charge is -2.14. The zero-order valence-corrected chi connectivity index (χ0v) is 20.4. The number of carbonyl (C=O) groups excluding carboxylic acids is 1. The second-order valence-electron chi connectivity index (χ2n) is 9.27. The summed E-state index contributed by atoms with van der Waals surface area (Å²) in [5, 5.41) is 6.10. The molecule has 0 unspecified atom stereocenters. The number of amides is 1. The summed E-state index contributed by atoms with van der Waals surface area (Å²) in [6.07, 6.45) is 6.66. The second-order valence-corrected chi connectivity index (χ2v) is 10.8. The third kappa shape index (κ3) is 6.12. The summed E-state index contributed by atoms with van der Waals surface area (Å²) in [6, 6.07) is 11.4. The number of hydrogen-bond donors (Lipinski definition) is 3. The molecule has 186 valence electrons. The summed E-state index contributed by atoms with van der Waals surface area (Å²) in [4.78, 5) is 21.9. The van der Waals surface area contributed by atoms with Crippen LogP contribution in [0.4, 0.5) is 11.6 Å². The minimum Gasteiger partial charge on any atom is -0.385 e. The van der Waals surface area contributed by atoms with Gasteiger partial charge in [-0.2, -0.15) is 8.42 Å². The van der Waals surface area contributed by atoms with E-state index in [-0.39, 0.29) is 22.5 Å². The van der Waals surface area contributed by atoms with Gasteiger partial charge < -0.3 is 19.4 Å². The Bertz CT molecular complexity index is 1280. The fourth-order valence-electron chi connectivity index (χ4n) is 4.28. The number of imidazole rings is 1. The van der Waals surface area contributed by atoms with Crippen LogP contribution in [0.15, 0.2) is 47.4 Å². The average molecular weight is 498 g/mol. The summed E-state index contributed by atoms with van der Waals surface area (Å²) in [6.45, 7) is 4.45. The molecular weight excluding hydrogens is 466 g/mol. The minimum absolute atomic E-state index is 0.0527. The Kier molecular flexibility index (Phi) is 6.92. The number of H-pyrrole nitrogens is 1. The molecule has 0 spiro atoms. The lowest BCUT2D eigenvalue weighted by Crippen LogP contribution is -2.20. The Hall–Kier alpha value is -3.11. The largest absolute Gasteiger partial charge is 0.385 e. The van der Waals surface area contributed by atoms with Crippen LogP contribution in [-0.2, 0) is 14.9 Å². The van der Waals surface area contributed by atoms with Gasteiger partial charge in [0.1, 0.15) is 10.6 Å². The standard InChI is InChI=1S/C25H31N5O4S/c31-24(18-5-6-18)29-25-27-22-12-9-20(17-23(22)28-25)34-35(32,33)21-10-7-19(8-11-21)26-13-1-2-14-30-15-3-4-16-30/h7-12,17-18,26H,1-6,13-16H2,(H2,27,28,29,31). The van der Waals surface area contributed by atoms with Crippen LogP contribution < -0.4 is 14.8 Å². The number of aromatic amines is 1. The Morgan fingerprint density at radius 1 is 1.09 bits per heavy atom. The number of benzene rings is 2. The molecule has 2 heterocycles. The Morgan fingerprint density at radius 2 is 1.86 bits per heavy atom. The van der Waals surface area contributed by atoms with Crippen molar-refractivity contribution in [2.24, 2.45) is 5.92 Å². The smallest absolute Gasteiger partial charge is 0.339 e. The Morgan fingerprint density at radius 3 is 2.60 bits per heavy atom. The number of nitrogens with zero attached hydrogens (tertiary/aromatic N) is 2. The molecule has 35 heavy (non-hydrogen) atoms. The summed E-state index contributed by atoms with van der Waals surface area (Å²) < 4.78 is 30.9. The average Bonchev–Trinajstić information content (AvgIpc) is 3.42. The topological polar surface area (TPSA) is 116 Å². The van der Waals surface area contributed by atoms with E-state index in [4.69, 9.17) is 4.18 Å². The van der Waals surface area contributed by atoms with Crippen LogP contribution in [0.5, 0.6) is 5.75 Å². The van der Waals surface area contributed by atoms with Gasteiger partial charge in [0.2, 0.25) is 11.9 Å². The number of nitrogens with one attached hydrogen (secondary N) is 3. The zero-order valence-electron chi connectivity index (χ0n) is 19.6. The van der Waals surface area contributed by atoms with Gasteiger partial charge in [0, 0.05) is 24.2 Å². The molecule has 3 N–H and O–H groups in total. The van der Waals surface area contributed by atoms with Gasteiger partial charge in [-0.15, -0.1) is 0 Å². The van der Waals surface area contributed by atoms with Gasteiger partial charge in [0.05, 0.1) is 11.0 Å². The summed E-state index contributed by atoms with van der Waals surface area (Å²) in [5.41, 5.74) is 2.06. The van der Waals surface area contributed by atoms with E-state index in [9.17, 15) is 13.2 Å². The van der Waals surface area contributed by atoms with E-state index in [0.29, 0.717) is 17.0 Å². The van der Waals surface area contributed by atoms with Crippen LogP contribution in [0.2, 0.25) is 0 Å². The van der Waals surface area contributed by atoms with E-state index in [1.807, 2.05) is 0 Å². The van der Waals surface area contributed by atoms with E-state index in [0.717, 1.165) is 44.5 Å². The van der Waals surface area contributed by atoms with Gasteiger partial charge in [0.15, 0.2) is 0 Å². The van der Waals surface area contributed by atoms with Crippen molar-refractivity contribution in [3.05, 3.63) is 42.5 Å². The normalized spacial score (nSPS) is 16.5. The highest BCUT2D eigenvalue weighted by Crippen LogP contribution is 2.30. The number of anilines is 2. The third-order valence-electron chi connectivity index (χ3n) is 6.42. The van der Waals surface area contributed by atoms with Gasteiger partial charge in [-0.1, -0.05) is 0 Å². The van der Waals surface area contributed by atoms with Crippen molar-refractivity contribution in [2.45, 2.75) is 43.4 Å². The minimum atomic E-state index is -3.99. The highest BCUT2D eigenvalue weighted by molar-refractivity contribution is 7.87. The molecule has 0 radical (unpaired) electrons. The maximum Gasteiger partial charge on any atom is 0.339 e. The van der Waals surface area contributed by atoms with Crippen LogP contribution in [0, 0.1) is 5.92 Å². The first-order valence-electron chi connectivity index (χ1n) is 12.3. The van der Waals surface area contributed by atoms with Crippen molar-refractivity contribution in [3.63, 3.8) is 0 Å². The molecule has 2 fully saturated rings. The fraction of sp³-hybridized carbons (Fsp3) is 0.440. The van der Waals surface area contributed by atoms with Crippen molar-refractivity contribution in [1.82, 2.24) is 14.9 Å². The molecule has 1 saturated heterocycles. The first-order valence-corrected chi connectivity index (χ1v) is 13.7. The number of unbranched alkanes of at least 4 members (excludes halogenated alkanes) is 1. The predicted molar refractivity (Wildman–Crippen MR) is 135 cm³/mol. The van der Waals surface area contributed by atoms with Crippen LogP contribution in [0.3, 0.4) is 0 Å². The number of aromatic nitrogens is 2. The Balaban J connectivity index is 1.14. The van der Waals surface area contributed by atoms with Gasteiger partial charge >= 0.3 is 10.1 Å². The van der Waals surface area contributed by atoms with E-state index in [1.165, 1.54) is 25.9 Å². The van der Waals surface area contributed by atoms with E-state index >= 15 is 0 Å². The molecule has 1 saturated carbocycles. The van der Waals surface area contributed by atoms with Crippen LogP contribution >= 0.6 is 0 Å². The van der Waals surface area contributed by atoms with Crippen molar-refractivity contribution >= 4 is 38.7 Å². The monoisotopic (exact) mass is 497 g/mol. The molecule has 1 aliphatic carbocycles. The molecule has 3 aromatic rings. The van der Waals surface area contributed by atoms with E-state index in [1.54, 1.807) is 42.5 Å². The lowest BCUT2D eigenvalue weighted by molar-refractivity contribution is -0.117. The van der Waals surface area contributed by atoms with Crippen LogP contribution in [-0.4, -0.2) is 55.4 Å². The fourth-order valence-corrected chi connectivity index (χ4v) is 5.20. The maximum absolute atomic E-state index is 12.8. The van der Waals surface area contributed by atoms with Gasteiger partial charge in [0.25, 0.3) is 0 Å². The van der Waals surface area contributed by atoms with E-state index in [2.05, 4.69) is 25.5 Å². The molecular formula is C25H31N5O4S. The van der Waals surface area contributed by atoms with Crippen LogP contribution in [0.1, 0.15) is 38.5 Å². The number of likely N-dealkylation sites (tertiary alicyclic amines) is 1. The molecule has 9 nitrogen and oxygen atoms in total. The molecule has 1 aromatic heterocycles. The molecule has 5 rings (SSSR count). The van der Waals surface area contributed by atoms with Crippen molar-refractivity contribution in [1.29, 1.82) is 0 Å². The maximum atomic E-state index is 12.8.